The van der Waals surface area contributed by atoms with Gasteiger partial charge in [-0.25, -0.2) is 10.6 Å². The molecule has 16 heavy (non-hydrogen) atoms. The van der Waals surface area contributed by atoms with Crippen LogP contribution < -0.4 is 10.9 Å². The molecule has 0 amide bonds. The fraction of sp³-hybridized carbons (Fsp3) is 0.444. The molecule has 0 aromatic carbocycles. The summed E-state index contributed by atoms with van der Waals surface area (Å²) < 4.78 is 4.84. The van der Waals surface area contributed by atoms with Crippen LogP contribution in [-0.2, 0) is 9.53 Å². The molecule has 0 radical (unpaired) electrons. The van der Waals surface area contributed by atoms with E-state index in [2.05, 4.69) is 10.2 Å². The maximum absolute atomic E-state index is 11.4. The van der Waals surface area contributed by atoms with Crippen molar-refractivity contribution in [3.05, 3.63) is 17.3 Å². The predicted molar refractivity (Wildman–Crippen MR) is 59.8 cm³/mol. The molecule has 1 aromatic heterocycles. The maximum Gasteiger partial charge on any atom is 0.330 e. The van der Waals surface area contributed by atoms with Gasteiger partial charge in [-0.15, -0.1) is 10.2 Å². The van der Waals surface area contributed by atoms with E-state index in [0.717, 1.165) is 0 Å². The van der Waals surface area contributed by atoms with Crippen molar-refractivity contribution >= 4 is 23.4 Å². The largest absolute Gasteiger partial charge is 0.464 e. The second kappa shape index (κ2) is 5.62. The summed E-state index contributed by atoms with van der Waals surface area (Å²) in [7, 11) is 0. The Morgan fingerprint density at radius 3 is 2.81 bits per heavy atom. The first-order valence-electron chi connectivity index (χ1n) is 4.76. The van der Waals surface area contributed by atoms with Gasteiger partial charge in [-0.3, -0.25) is 5.01 Å². The molecule has 1 aromatic rings. The van der Waals surface area contributed by atoms with Crippen molar-refractivity contribution in [3.63, 3.8) is 0 Å². The van der Waals surface area contributed by atoms with Crippen LogP contribution in [0, 0.1) is 0 Å². The van der Waals surface area contributed by atoms with Crippen molar-refractivity contribution in [1.29, 1.82) is 0 Å². The van der Waals surface area contributed by atoms with Crippen LogP contribution in [0.4, 0.5) is 5.82 Å². The van der Waals surface area contributed by atoms with E-state index in [-0.39, 0.29) is 5.15 Å². The zero-order valence-electron chi connectivity index (χ0n) is 9.05. The van der Waals surface area contributed by atoms with Crippen LogP contribution in [0.5, 0.6) is 0 Å². The molecule has 6 nitrogen and oxygen atoms in total. The lowest BCUT2D eigenvalue weighted by atomic mass is 10.3. The third-order valence-electron chi connectivity index (χ3n) is 1.93. The summed E-state index contributed by atoms with van der Waals surface area (Å²) in [6, 6.07) is 2.49. The van der Waals surface area contributed by atoms with E-state index in [0.29, 0.717) is 12.4 Å². The van der Waals surface area contributed by atoms with E-state index in [1.807, 2.05) is 0 Å². The van der Waals surface area contributed by atoms with Gasteiger partial charge in [0.15, 0.2) is 11.0 Å². The molecule has 1 heterocycles. The Balaban J connectivity index is 2.73. The molecule has 0 spiro atoms. The van der Waals surface area contributed by atoms with Crippen LogP contribution >= 0.6 is 11.6 Å². The van der Waals surface area contributed by atoms with Crippen molar-refractivity contribution in [1.82, 2.24) is 10.2 Å². The van der Waals surface area contributed by atoms with Crippen LogP contribution in [0.3, 0.4) is 0 Å². The number of hydrazine groups is 1. The highest BCUT2D eigenvalue weighted by molar-refractivity contribution is 6.29. The fourth-order valence-electron chi connectivity index (χ4n) is 1.02. The summed E-state index contributed by atoms with van der Waals surface area (Å²) in [6.45, 7) is 3.66. The molecule has 0 saturated carbocycles. The number of esters is 1. The first-order valence-corrected chi connectivity index (χ1v) is 5.13. The first-order chi connectivity index (χ1) is 7.56. The third kappa shape index (κ3) is 3.04. The Morgan fingerprint density at radius 2 is 2.31 bits per heavy atom. The van der Waals surface area contributed by atoms with Crippen LogP contribution in [0.25, 0.3) is 0 Å². The number of nitrogens with zero attached hydrogens (tertiary/aromatic N) is 3. The van der Waals surface area contributed by atoms with Crippen molar-refractivity contribution < 1.29 is 9.53 Å². The molecule has 0 aliphatic carbocycles. The highest BCUT2D eigenvalue weighted by Crippen LogP contribution is 2.11. The van der Waals surface area contributed by atoms with Crippen LogP contribution in [0.15, 0.2) is 12.1 Å². The number of anilines is 1. The molecule has 0 aliphatic heterocycles. The zero-order valence-corrected chi connectivity index (χ0v) is 9.81. The topological polar surface area (TPSA) is 81.3 Å². The molecule has 0 aliphatic rings. The summed E-state index contributed by atoms with van der Waals surface area (Å²) in [5.74, 6) is 5.64. The van der Waals surface area contributed by atoms with E-state index >= 15 is 0 Å². The number of carbonyl (C=O) groups is 1. The van der Waals surface area contributed by atoms with E-state index < -0.39 is 12.0 Å². The highest BCUT2D eigenvalue weighted by Gasteiger charge is 2.21. The Hall–Kier alpha value is -1.40. The Bertz CT molecular complexity index is 357. The van der Waals surface area contributed by atoms with Crippen molar-refractivity contribution in [3.8, 4) is 0 Å². The van der Waals surface area contributed by atoms with E-state index in [9.17, 15) is 4.79 Å². The van der Waals surface area contributed by atoms with Crippen LogP contribution in [-0.4, -0.2) is 28.8 Å². The molecule has 7 heteroatoms. The summed E-state index contributed by atoms with van der Waals surface area (Å²) in [5, 5.41) is 8.83. The van der Waals surface area contributed by atoms with Gasteiger partial charge in [-0.05, 0) is 26.0 Å². The smallest absolute Gasteiger partial charge is 0.330 e. The molecule has 1 atom stereocenters. The predicted octanol–water partition coefficient (Wildman–Crippen LogP) is 0.762. The monoisotopic (exact) mass is 244 g/mol. The van der Waals surface area contributed by atoms with E-state index in [4.69, 9.17) is 22.2 Å². The number of halogens is 1. The number of ether oxygens (including phenoxy) is 1. The minimum absolute atomic E-state index is 0.265. The molecule has 0 saturated heterocycles. The van der Waals surface area contributed by atoms with Gasteiger partial charge in [0.1, 0.15) is 6.04 Å². The van der Waals surface area contributed by atoms with Gasteiger partial charge in [-0.1, -0.05) is 11.6 Å². The van der Waals surface area contributed by atoms with Crippen molar-refractivity contribution in [2.45, 2.75) is 19.9 Å². The minimum atomic E-state index is -0.629. The van der Waals surface area contributed by atoms with Crippen molar-refractivity contribution in [2.75, 3.05) is 11.6 Å². The number of nitrogens with two attached hydrogens (primary N) is 1. The number of aromatic nitrogens is 2. The van der Waals surface area contributed by atoms with Crippen LogP contribution in [0.2, 0.25) is 5.15 Å². The third-order valence-corrected chi connectivity index (χ3v) is 2.13. The standard InChI is InChI=1S/C9H13ClN4O2/c1-3-16-9(15)6(2)14(11)8-5-4-7(10)12-13-8/h4-6H,3,11H2,1-2H3. The average Bonchev–Trinajstić information content (AvgIpc) is 2.28. The molecule has 88 valence electrons. The summed E-state index contributed by atoms with van der Waals surface area (Å²) >= 11 is 5.58. The Labute approximate surface area is 98.3 Å². The highest BCUT2D eigenvalue weighted by atomic mass is 35.5. The quantitative estimate of drug-likeness (QED) is 0.479. The zero-order chi connectivity index (χ0) is 12.1. The molecule has 0 bridgehead atoms. The molecular weight excluding hydrogens is 232 g/mol. The Kier molecular flexibility index (Phi) is 4.45. The van der Waals surface area contributed by atoms with Gasteiger partial charge >= 0.3 is 5.97 Å². The summed E-state index contributed by atoms with van der Waals surface area (Å²) in [5.41, 5.74) is 0. The lowest BCUT2D eigenvalue weighted by Crippen LogP contribution is -2.45. The van der Waals surface area contributed by atoms with Gasteiger partial charge in [0, 0.05) is 0 Å². The number of rotatable bonds is 4. The normalized spacial score (nSPS) is 12.0. The average molecular weight is 245 g/mol. The lowest BCUT2D eigenvalue weighted by molar-refractivity contribution is -0.144. The molecule has 1 unspecified atom stereocenters. The van der Waals surface area contributed by atoms with Gasteiger partial charge in [0.25, 0.3) is 0 Å². The maximum atomic E-state index is 11.4. The number of hydrogen-bond acceptors (Lipinski definition) is 6. The van der Waals surface area contributed by atoms with Gasteiger partial charge in [0.2, 0.25) is 0 Å². The van der Waals surface area contributed by atoms with Crippen LogP contribution in [0.1, 0.15) is 13.8 Å². The molecule has 0 fully saturated rings. The lowest BCUT2D eigenvalue weighted by Gasteiger charge is -2.22. The molecule has 1 rings (SSSR count). The molecule has 2 N–H and O–H groups in total. The molecular formula is C9H13ClN4O2. The van der Waals surface area contributed by atoms with E-state index in [1.54, 1.807) is 26.0 Å². The van der Waals surface area contributed by atoms with E-state index in [1.165, 1.54) is 5.01 Å². The summed E-state index contributed by atoms with van der Waals surface area (Å²) in [4.78, 5) is 11.4. The van der Waals surface area contributed by atoms with Gasteiger partial charge in [-0.2, -0.15) is 0 Å². The van der Waals surface area contributed by atoms with Crippen molar-refractivity contribution in [2.24, 2.45) is 5.84 Å². The fourth-order valence-corrected chi connectivity index (χ4v) is 1.12. The Morgan fingerprint density at radius 1 is 1.62 bits per heavy atom. The second-order valence-corrected chi connectivity index (χ2v) is 3.44. The SMILES string of the molecule is CCOC(=O)C(C)N(N)c1ccc(Cl)nn1. The second-order valence-electron chi connectivity index (χ2n) is 3.05. The number of hydrogen-bond donors (Lipinski definition) is 1. The minimum Gasteiger partial charge on any atom is -0.464 e. The van der Waals surface area contributed by atoms with Gasteiger partial charge < -0.3 is 4.74 Å². The first kappa shape index (κ1) is 12.7. The van der Waals surface area contributed by atoms with Gasteiger partial charge in [0.05, 0.1) is 6.61 Å². The summed E-state index contributed by atoms with van der Waals surface area (Å²) in [6.07, 6.45) is 0. The number of carbonyl (C=O) groups excluding carboxylic acids is 1.